The Labute approximate surface area is 250 Å². The van der Waals surface area contributed by atoms with Crippen LogP contribution in [0.4, 0.5) is 0 Å². The fourth-order valence-corrected chi connectivity index (χ4v) is 11.6. The Hall–Kier alpha value is -1.55. The van der Waals surface area contributed by atoms with Crippen LogP contribution in [-0.4, -0.2) is 27.9 Å². The van der Waals surface area contributed by atoms with E-state index in [4.69, 9.17) is 4.74 Å². The maximum Gasteiger partial charge on any atom is 0.339 e. The highest BCUT2D eigenvalue weighted by Gasteiger charge is 2.70. The van der Waals surface area contributed by atoms with Gasteiger partial charge in [-0.15, -0.1) is 0 Å². The number of para-hydroxylation sites is 1. The minimum absolute atomic E-state index is 0.0171. The van der Waals surface area contributed by atoms with Crippen LogP contribution >= 0.6 is 0 Å². The molecule has 0 saturated heterocycles. The number of aromatic carboxylic acids is 1. The van der Waals surface area contributed by atoms with Crippen LogP contribution in [0, 0.1) is 51.2 Å². The van der Waals surface area contributed by atoms with Crippen LogP contribution < -0.4 is 4.74 Å². The average molecular weight is 567 g/mol. The van der Waals surface area contributed by atoms with Crippen LogP contribution in [0.5, 0.6) is 5.75 Å². The maximum atomic E-state index is 12.2. The van der Waals surface area contributed by atoms with Gasteiger partial charge in [-0.1, -0.05) is 72.9 Å². The van der Waals surface area contributed by atoms with Crippen molar-refractivity contribution in [3.05, 3.63) is 29.8 Å². The van der Waals surface area contributed by atoms with Crippen molar-refractivity contribution in [1.82, 2.24) is 0 Å². The van der Waals surface area contributed by atoms with E-state index in [2.05, 4.69) is 41.5 Å². The molecule has 4 aliphatic rings. The molecule has 0 aliphatic heterocycles. The predicted molar refractivity (Wildman–Crippen MR) is 166 cm³/mol. The smallest absolute Gasteiger partial charge is 0.339 e. The van der Waals surface area contributed by atoms with Gasteiger partial charge in [0, 0.05) is 5.92 Å². The van der Waals surface area contributed by atoms with E-state index in [0.29, 0.717) is 34.8 Å². The first-order chi connectivity index (χ1) is 19.0. The highest BCUT2D eigenvalue weighted by atomic mass is 16.5. The van der Waals surface area contributed by atoms with Crippen LogP contribution in [0.25, 0.3) is 0 Å². The third-order valence-corrected chi connectivity index (χ3v) is 13.7. The van der Waals surface area contributed by atoms with Gasteiger partial charge in [-0.2, -0.15) is 0 Å². The Balaban J connectivity index is 1.54. The van der Waals surface area contributed by atoms with E-state index in [9.17, 15) is 15.0 Å². The highest BCUT2D eigenvalue weighted by Crippen LogP contribution is 2.75. The fraction of sp³-hybridized carbons (Fsp3) is 0.811. The molecule has 1 aromatic rings. The summed E-state index contributed by atoms with van der Waals surface area (Å²) in [6.07, 6.45) is 13.0. The van der Waals surface area contributed by atoms with Gasteiger partial charge < -0.3 is 14.9 Å². The zero-order chi connectivity index (χ0) is 30.0. The minimum atomic E-state index is -0.911. The molecular formula is C37H58O4. The monoisotopic (exact) mass is 566 g/mol. The molecular weight excluding hydrogens is 508 g/mol. The number of fused-ring (bicyclic) bond motifs is 5. The van der Waals surface area contributed by atoms with E-state index < -0.39 is 11.6 Å². The molecule has 9 atom stereocenters. The quantitative estimate of drug-likeness (QED) is 0.329. The lowest BCUT2D eigenvalue weighted by molar-refractivity contribution is -0.226. The van der Waals surface area contributed by atoms with Gasteiger partial charge in [0.15, 0.2) is 0 Å². The summed E-state index contributed by atoms with van der Waals surface area (Å²) in [4.78, 5) is 12.2. The number of benzene rings is 1. The molecule has 41 heavy (non-hydrogen) atoms. The molecule has 0 aromatic heterocycles. The number of rotatable bonds is 8. The second kappa shape index (κ2) is 10.6. The summed E-state index contributed by atoms with van der Waals surface area (Å²) < 4.78 is 7.02. The van der Waals surface area contributed by atoms with Crippen molar-refractivity contribution in [2.45, 2.75) is 138 Å². The van der Waals surface area contributed by atoms with Crippen LogP contribution in [-0.2, 0) is 0 Å². The molecule has 5 rings (SSSR count). The van der Waals surface area contributed by atoms with Crippen LogP contribution in [0.2, 0.25) is 0 Å². The molecule has 0 spiro atoms. The van der Waals surface area contributed by atoms with E-state index >= 15 is 0 Å². The summed E-state index contributed by atoms with van der Waals surface area (Å²) in [5, 5.41) is 20.4. The van der Waals surface area contributed by atoms with Crippen molar-refractivity contribution in [3.8, 4) is 5.75 Å². The molecule has 0 amide bonds. The van der Waals surface area contributed by atoms with Gasteiger partial charge in [0.05, 0.1) is 5.60 Å². The Morgan fingerprint density at radius 1 is 1.00 bits per heavy atom. The molecule has 2 unspecified atom stereocenters. The lowest BCUT2D eigenvalue weighted by atomic mass is 9.35. The summed E-state index contributed by atoms with van der Waals surface area (Å²) in [5.74, 6) is 2.43. The third-order valence-electron chi connectivity index (χ3n) is 13.7. The van der Waals surface area contributed by atoms with E-state index in [1.807, 2.05) is 26.0 Å². The molecule has 4 fully saturated rings. The molecule has 4 saturated carbocycles. The molecule has 2 N–H and O–H groups in total. The molecule has 4 aliphatic carbocycles. The third kappa shape index (κ3) is 5.17. The summed E-state index contributed by atoms with van der Waals surface area (Å²) >= 11 is 0. The van der Waals surface area contributed by atoms with Crippen molar-refractivity contribution >= 4 is 5.97 Å². The lowest BCUT2D eigenvalue weighted by Gasteiger charge is -2.70. The second-order valence-corrected chi connectivity index (χ2v) is 16.9. The van der Waals surface area contributed by atoms with E-state index in [1.165, 1.54) is 44.9 Å². The zero-order valence-electron chi connectivity index (χ0n) is 27.3. The number of hydrogen-bond donors (Lipinski definition) is 2. The number of aliphatic hydroxyl groups is 1. The predicted octanol–water partition coefficient (Wildman–Crippen LogP) is 9.39. The zero-order valence-corrected chi connectivity index (χ0v) is 27.3. The van der Waals surface area contributed by atoms with Crippen molar-refractivity contribution in [3.63, 3.8) is 0 Å². The number of carboxylic acids is 1. The Kier molecular flexibility index (Phi) is 7.96. The molecule has 1 aromatic carbocycles. The summed E-state index contributed by atoms with van der Waals surface area (Å²) in [5.41, 5.74) is 0.720. The minimum Gasteiger partial charge on any atom is -0.489 e. The molecule has 0 heterocycles. The topological polar surface area (TPSA) is 66.8 Å². The van der Waals surface area contributed by atoms with Gasteiger partial charge in [0.1, 0.15) is 17.4 Å². The number of ether oxygens (including phenoxy) is 1. The average Bonchev–Trinajstić information content (AvgIpc) is 3.23. The van der Waals surface area contributed by atoms with Crippen molar-refractivity contribution < 1.29 is 19.7 Å². The SMILES string of the molecule is C[C@@H](CCCC(C)(C)O)[C@H]1CC[C@]2(C)[C@@H]1C(Oc1ccccc1C(=O)O)C[C@@H]1[C@@]3(C)CCCC(C)(C)C3CC[C@]12C. The van der Waals surface area contributed by atoms with Crippen molar-refractivity contribution in [2.75, 3.05) is 0 Å². The van der Waals surface area contributed by atoms with E-state index in [1.54, 1.807) is 12.1 Å². The second-order valence-electron chi connectivity index (χ2n) is 16.9. The molecule has 0 bridgehead atoms. The number of carbonyl (C=O) groups is 1. The first-order valence-corrected chi connectivity index (χ1v) is 16.7. The summed E-state index contributed by atoms with van der Waals surface area (Å²) in [7, 11) is 0. The molecule has 4 heteroatoms. The Morgan fingerprint density at radius 3 is 2.37 bits per heavy atom. The van der Waals surface area contributed by atoms with Crippen molar-refractivity contribution in [2.24, 2.45) is 51.2 Å². The Morgan fingerprint density at radius 2 is 1.68 bits per heavy atom. The first kappa shape index (κ1) is 30.9. The standard InChI is InChI=1S/C37H58O4/c1-24(13-11-19-34(4,5)40)25-16-21-37(8)31(25)28(41-27-15-10-9-14-26(27)32(38)39)23-30-35(6)20-12-18-33(2,3)29(35)17-22-36(30,37)7/h9-10,14-15,24-25,28-31,40H,11-13,16-23H2,1-8H3,(H,38,39)/t24-,25+,28?,29?,30+,31-,35-,36+,37+/m0/s1. The van der Waals surface area contributed by atoms with Gasteiger partial charge in [0.2, 0.25) is 0 Å². The molecule has 4 nitrogen and oxygen atoms in total. The number of hydrogen-bond acceptors (Lipinski definition) is 3. The van der Waals surface area contributed by atoms with Crippen LogP contribution in [0.1, 0.15) is 136 Å². The highest BCUT2D eigenvalue weighted by molar-refractivity contribution is 5.90. The van der Waals surface area contributed by atoms with Crippen LogP contribution in [0.15, 0.2) is 24.3 Å². The van der Waals surface area contributed by atoms with Gasteiger partial charge in [-0.25, -0.2) is 4.79 Å². The largest absolute Gasteiger partial charge is 0.489 e. The normalized spacial score (nSPS) is 40.7. The van der Waals surface area contributed by atoms with Gasteiger partial charge in [0.25, 0.3) is 0 Å². The first-order valence-electron chi connectivity index (χ1n) is 16.7. The number of carboxylic acid groups (broad SMARTS) is 1. The van der Waals surface area contributed by atoms with E-state index in [0.717, 1.165) is 31.6 Å². The molecule has 230 valence electrons. The van der Waals surface area contributed by atoms with Gasteiger partial charge in [-0.3, -0.25) is 0 Å². The molecule has 0 radical (unpaired) electrons. The van der Waals surface area contributed by atoms with E-state index in [-0.39, 0.29) is 27.9 Å². The van der Waals surface area contributed by atoms with Gasteiger partial charge in [-0.05, 0) is 123 Å². The van der Waals surface area contributed by atoms with Crippen molar-refractivity contribution in [1.29, 1.82) is 0 Å². The van der Waals surface area contributed by atoms with Gasteiger partial charge >= 0.3 is 5.97 Å². The summed E-state index contributed by atoms with van der Waals surface area (Å²) in [6, 6.07) is 7.29. The Bertz CT molecular complexity index is 1120. The maximum absolute atomic E-state index is 12.2. The lowest BCUT2D eigenvalue weighted by Crippen LogP contribution is -2.65. The van der Waals surface area contributed by atoms with Crippen LogP contribution in [0.3, 0.4) is 0 Å². The summed E-state index contributed by atoms with van der Waals surface area (Å²) in [6.45, 7) is 19.2. The fourth-order valence-electron chi connectivity index (χ4n) is 11.6.